The Morgan fingerprint density at radius 3 is 3.12 bits per heavy atom. The summed E-state index contributed by atoms with van der Waals surface area (Å²) < 4.78 is 0. The third kappa shape index (κ3) is 2.62. The fourth-order valence-corrected chi connectivity index (χ4v) is 3.17. The lowest BCUT2D eigenvalue weighted by molar-refractivity contribution is -0.127. The lowest BCUT2D eigenvalue weighted by atomic mass is 10.1. The number of hydrogen-bond donors (Lipinski definition) is 1. The standard InChI is InChI=1S/C11H16N4OS/c16-10(6-17-9-1-2-9)15-4-3-8(5-15)11-12-7-13-14-11/h7-9H,1-6H2,(H,12,13,14). The Labute approximate surface area is 104 Å². The molecule has 1 atom stereocenters. The largest absolute Gasteiger partial charge is 0.341 e. The van der Waals surface area contributed by atoms with E-state index in [0.717, 1.165) is 30.6 Å². The Morgan fingerprint density at radius 1 is 1.53 bits per heavy atom. The summed E-state index contributed by atoms with van der Waals surface area (Å²) in [7, 11) is 0. The minimum Gasteiger partial charge on any atom is -0.341 e. The van der Waals surface area contributed by atoms with Gasteiger partial charge in [-0.15, -0.1) is 11.8 Å². The number of hydrogen-bond acceptors (Lipinski definition) is 4. The molecule has 17 heavy (non-hydrogen) atoms. The van der Waals surface area contributed by atoms with Gasteiger partial charge in [0.2, 0.25) is 5.91 Å². The van der Waals surface area contributed by atoms with Crippen LogP contribution in [0, 0.1) is 0 Å². The molecule has 2 heterocycles. The molecule has 0 spiro atoms. The number of likely N-dealkylation sites (tertiary alicyclic amines) is 1. The van der Waals surface area contributed by atoms with E-state index in [0.29, 0.717) is 11.7 Å². The van der Waals surface area contributed by atoms with Gasteiger partial charge in [-0.2, -0.15) is 5.10 Å². The Balaban J connectivity index is 1.50. The zero-order valence-electron chi connectivity index (χ0n) is 9.63. The minimum absolute atomic E-state index is 0.281. The average molecular weight is 252 g/mol. The van der Waals surface area contributed by atoms with Crippen molar-refractivity contribution in [2.45, 2.75) is 30.4 Å². The zero-order chi connectivity index (χ0) is 11.7. The van der Waals surface area contributed by atoms with Crippen LogP contribution in [0.15, 0.2) is 6.33 Å². The fraction of sp³-hybridized carbons (Fsp3) is 0.727. The summed E-state index contributed by atoms with van der Waals surface area (Å²) in [6, 6.07) is 0. The van der Waals surface area contributed by atoms with E-state index in [1.54, 1.807) is 0 Å². The highest BCUT2D eigenvalue weighted by atomic mass is 32.2. The number of aromatic amines is 1. The number of rotatable bonds is 4. The number of nitrogens with one attached hydrogen (secondary N) is 1. The quantitative estimate of drug-likeness (QED) is 0.869. The molecule has 3 rings (SSSR count). The van der Waals surface area contributed by atoms with Crippen LogP contribution in [0.25, 0.3) is 0 Å². The summed E-state index contributed by atoms with van der Waals surface area (Å²) in [5.74, 6) is 2.18. The van der Waals surface area contributed by atoms with Crippen molar-refractivity contribution < 1.29 is 4.79 Å². The summed E-state index contributed by atoms with van der Waals surface area (Å²) in [6.07, 6.45) is 5.11. The van der Waals surface area contributed by atoms with E-state index in [2.05, 4.69) is 15.2 Å². The van der Waals surface area contributed by atoms with Crippen LogP contribution in [-0.2, 0) is 4.79 Å². The molecule has 92 valence electrons. The average Bonchev–Trinajstić information content (AvgIpc) is 2.85. The van der Waals surface area contributed by atoms with Gasteiger partial charge in [0.25, 0.3) is 0 Å². The molecule has 6 heteroatoms. The molecular weight excluding hydrogens is 236 g/mol. The number of amides is 1. The SMILES string of the molecule is O=C(CSC1CC1)N1CCC(c2ncn[nH]2)C1. The third-order valence-electron chi connectivity index (χ3n) is 3.33. The first-order chi connectivity index (χ1) is 8.33. The van der Waals surface area contributed by atoms with E-state index in [-0.39, 0.29) is 5.91 Å². The Morgan fingerprint density at radius 2 is 2.41 bits per heavy atom. The monoisotopic (exact) mass is 252 g/mol. The predicted molar refractivity (Wildman–Crippen MR) is 65.8 cm³/mol. The Bertz CT molecular complexity index is 390. The molecule has 1 aromatic heterocycles. The Kier molecular flexibility index (Phi) is 3.05. The van der Waals surface area contributed by atoms with Crippen molar-refractivity contribution in [3.63, 3.8) is 0 Å². The van der Waals surface area contributed by atoms with Crippen molar-refractivity contribution in [2.24, 2.45) is 0 Å². The Hall–Kier alpha value is -1.04. The van der Waals surface area contributed by atoms with E-state index < -0.39 is 0 Å². The second-order valence-corrected chi connectivity index (χ2v) is 6.00. The summed E-state index contributed by atoms with van der Waals surface area (Å²) in [6.45, 7) is 1.65. The number of H-pyrrole nitrogens is 1. The lowest BCUT2D eigenvalue weighted by Gasteiger charge is -2.15. The van der Waals surface area contributed by atoms with Crippen molar-refractivity contribution in [1.29, 1.82) is 0 Å². The zero-order valence-corrected chi connectivity index (χ0v) is 10.4. The van der Waals surface area contributed by atoms with Gasteiger partial charge in [-0.05, 0) is 19.3 Å². The second kappa shape index (κ2) is 4.68. The smallest absolute Gasteiger partial charge is 0.232 e. The normalized spacial score (nSPS) is 24.2. The van der Waals surface area contributed by atoms with Gasteiger partial charge in [0, 0.05) is 24.3 Å². The van der Waals surface area contributed by atoms with E-state index in [1.807, 2.05) is 16.7 Å². The van der Waals surface area contributed by atoms with Crippen LogP contribution in [0.3, 0.4) is 0 Å². The first-order valence-electron chi connectivity index (χ1n) is 6.07. The van der Waals surface area contributed by atoms with Crippen LogP contribution in [0.1, 0.15) is 31.0 Å². The molecule has 1 unspecified atom stereocenters. The fourth-order valence-electron chi connectivity index (χ4n) is 2.14. The molecular formula is C11H16N4OS. The van der Waals surface area contributed by atoms with Gasteiger partial charge in [0.15, 0.2) is 0 Å². The topological polar surface area (TPSA) is 61.9 Å². The molecule has 0 radical (unpaired) electrons. The molecule has 2 fully saturated rings. The van der Waals surface area contributed by atoms with Gasteiger partial charge >= 0.3 is 0 Å². The highest BCUT2D eigenvalue weighted by Crippen LogP contribution is 2.34. The molecule has 1 aliphatic carbocycles. The molecule has 1 saturated heterocycles. The van der Waals surface area contributed by atoms with Gasteiger partial charge in [-0.1, -0.05) is 0 Å². The number of carbonyl (C=O) groups excluding carboxylic acids is 1. The first kappa shape index (κ1) is 11.1. The van der Waals surface area contributed by atoms with E-state index >= 15 is 0 Å². The maximum Gasteiger partial charge on any atom is 0.232 e. The molecule has 1 aliphatic heterocycles. The number of thioether (sulfide) groups is 1. The molecule has 1 aromatic rings. The van der Waals surface area contributed by atoms with Crippen LogP contribution >= 0.6 is 11.8 Å². The summed E-state index contributed by atoms with van der Waals surface area (Å²) in [5, 5.41) is 7.51. The summed E-state index contributed by atoms with van der Waals surface area (Å²) >= 11 is 1.81. The maximum atomic E-state index is 12.0. The predicted octanol–water partition coefficient (Wildman–Crippen LogP) is 1.02. The van der Waals surface area contributed by atoms with Gasteiger partial charge in [0.05, 0.1) is 5.75 Å². The van der Waals surface area contributed by atoms with Crippen molar-refractivity contribution in [1.82, 2.24) is 20.1 Å². The molecule has 1 amide bonds. The summed E-state index contributed by atoms with van der Waals surface area (Å²) in [5.41, 5.74) is 0. The van der Waals surface area contributed by atoms with Crippen molar-refractivity contribution in [2.75, 3.05) is 18.8 Å². The second-order valence-electron chi connectivity index (χ2n) is 4.71. The van der Waals surface area contributed by atoms with Gasteiger partial charge < -0.3 is 4.90 Å². The molecule has 0 aromatic carbocycles. The minimum atomic E-state index is 0.281. The van der Waals surface area contributed by atoms with Gasteiger partial charge in [-0.3, -0.25) is 9.89 Å². The lowest BCUT2D eigenvalue weighted by Crippen LogP contribution is -2.30. The van der Waals surface area contributed by atoms with Gasteiger partial charge in [0.1, 0.15) is 12.2 Å². The van der Waals surface area contributed by atoms with Crippen LogP contribution in [0.5, 0.6) is 0 Å². The third-order valence-corrected chi connectivity index (χ3v) is 4.68. The molecule has 1 saturated carbocycles. The van der Waals surface area contributed by atoms with Crippen molar-refractivity contribution >= 4 is 17.7 Å². The van der Waals surface area contributed by atoms with Crippen molar-refractivity contribution in [3.8, 4) is 0 Å². The number of aromatic nitrogens is 3. The highest BCUT2D eigenvalue weighted by molar-refractivity contribution is 8.00. The first-order valence-corrected chi connectivity index (χ1v) is 7.12. The van der Waals surface area contributed by atoms with Crippen LogP contribution in [0.2, 0.25) is 0 Å². The van der Waals surface area contributed by atoms with E-state index in [4.69, 9.17) is 0 Å². The molecule has 5 nitrogen and oxygen atoms in total. The van der Waals surface area contributed by atoms with Crippen LogP contribution in [-0.4, -0.2) is 50.1 Å². The van der Waals surface area contributed by atoms with Crippen LogP contribution < -0.4 is 0 Å². The van der Waals surface area contributed by atoms with Gasteiger partial charge in [-0.25, -0.2) is 4.98 Å². The molecule has 1 N–H and O–H groups in total. The van der Waals surface area contributed by atoms with Crippen LogP contribution in [0.4, 0.5) is 0 Å². The molecule has 0 bridgehead atoms. The molecule has 2 aliphatic rings. The van der Waals surface area contributed by atoms with E-state index in [1.165, 1.54) is 19.2 Å². The maximum absolute atomic E-state index is 12.0. The number of nitrogens with zero attached hydrogens (tertiary/aromatic N) is 3. The summed E-state index contributed by atoms with van der Waals surface area (Å²) in [4.78, 5) is 18.1. The highest BCUT2D eigenvalue weighted by Gasteiger charge is 2.30. The number of carbonyl (C=O) groups is 1. The van der Waals surface area contributed by atoms with E-state index in [9.17, 15) is 4.79 Å². The van der Waals surface area contributed by atoms with Crippen molar-refractivity contribution in [3.05, 3.63) is 12.2 Å².